The molecular weight excluding hydrogens is 202 g/mol. The summed E-state index contributed by atoms with van der Waals surface area (Å²) in [6.07, 6.45) is 5.06. The first kappa shape index (κ1) is 13.5. The van der Waals surface area contributed by atoms with Gasteiger partial charge in [0.05, 0.1) is 5.41 Å². The van der Waals surface area contributed by atoms with Gasteiger partial charge in [-0.1, -0.05) is 20.8 Å². The zero-order valence-electron chi connectivity index (χ0n) is 10.8. The zero-order valence-corrected chi connectivity index (χ0v) is 10.8. The van der Waals surface area contributed by atoms with E-state index in [9.17, 15) is 9.90 Å². The van der Waals surface area contributed by atoms with Crippen LogP contribution in [0.2, 0.25) is 0 Å². The third-order valence-electron chi connectivity index (χ3n) is 4.28. The minimum atomic E-state index is -0.626. The molecule has 1 atom stereocenters. The van der Waals surface area contributed by atoms with Gasteiger partial charge in [0.15, 0.2) is 0 Å². The van der Waals surface area contributed by atoms with Crippen molar-refractivity contribution in [3.05, 3.63) is 0 Å². The Morgan fingerprint density at radius 3 is 2.44 bits per heavy atom. The first-order chi connectivity index (χ1) is 7.59. The molecule has 1 unspecified atom stereocenters. The first-order valence-electron chi connectivity index (χ1n) is 6.57. The number of likely N-dealkylation sites (tertiary alicyclic amines) is 1. The molecule has 0 aromatic heterocycles. The summed E-state index contributed by atoms with van der Waals surface area (Å²) in [5, 5.41) is 9.42. The number of carbonyl (C=O) groups is 1. The molecule has 0 bridgehead atoms. The van der Waals surface area contributed by atoms with Crippen molar-refractivity contribution in [1.82, 2.24) is 4.90 Å². The smallest absolute Gasteiger partial charge is 0.310 e. The van der Waals surface area contributed by atoms with Crippen molar-refractivity contribution in [3.63, 3.8) is 0 Å². The summed E-state index contributed by atoms with van der Waals surface area (Å²) in [6, 6.07) is 0.608. The van der Waals surface area contributed by atoms with Crippen LogP contribution in [0, 0.1) is 5.41 Å². The minimum absolute atomic E-state index is 0.530. The van der Waals surface area contributed by atoms with Crippen molar-refractivity contribution >= 4 is 5.97 Å². The van der Waals surface area contributed by atoms with Crippen molar-refractivity contribution in [1.29, 1.82) is 0 Å². The fourth-order valence-corrected chi connectivity index (χ4v) is 2.80. The lowest BCUT2D eigenvalue weighted by atomic mass is 9.81. The second-order valence-electron chi connectivity index (χ2n) is 4.97. The number of hydrogen-bond donors (Lipinski definition) is 1. The van der Waals surface area contributed by atoms with Crippen LogP contribution in [0.5, 0.6) is 0 Å². The predicted octanol–water partition coefficient (Wildman–Crippen LogP) is 2.75. The summed E-state index contributed by atoms with van der Waals surface area (Å²) in [6.45, 7) is 7.99. The fraction of sp³-hybridized carbons (Fsp3) is 0.923. The van der Waals surface area contributed by atoms with Crippen molar-refractivity contribution < 1.29 is 9.90 Å². The number of rotatable bonds is 6. The molecule has 0 amide bonds. The molecule has 0 radical (unpaired) electrons. The quantitative estimate of drug-likeness (QED) is 0.758. The second-order valence-corrected chi connectivity index (χ2v) is 4.97. The van der Waals surface area contributed by atoms with Crippen LogP contribution in [0.3, 0.4) is 0 Å². The van der Waals surface area contributed by atoms with Gasteiger partial charge in [-0.3, -0.25) is 9.69 Å². The Labute approximate surface area is 98.8 Å². The largest absolute Gasteiger partial charge is 0.481 e. The number of carboxylic acid groups (broad SMARTS) is 1. The summed E-state index contributed by atoms with van der Waals surface area (Å²) in [7, 11) is 0. The molecule has 0 spiro atoms. The molecule has 1 fully saturated rings. The van der Waals surface area contributed by atoms with Crippen LogP contribution in [0.25, 0.3) is 0 Å². The Hall–Kier alpha value is -0.570. The Bertz CT molecular complexity index is 236. The van der Waals surface area contributed by atoms with Gasteiger partial charge in [-0.25, -0.2) is 0 Å². The Morgan fingerprint density at radius 2 is 2.00 bits per heavy atom. The zero-order chi connectivity index (χ0) is 12.2. The lowest BCUT2D eigenvalue weighted by Crippen LogP contribution is -2.44. The van der Waals surface area contributed by atoms with Crippen LogP contribution in [0.1, 0.15) is 52.9 Å². The molecule has 1 aliphatic rings. The molecule has 1 rings (SSSR count). The van der Waals surface area contributed by atoms with E-state index in [4.69, 9.17) is 0 Å². The molecule has 3 nitrogen and oxygen atoms in total. The highest BCUT2D eigenvalue weighted by molar-refractivity contribution is 5.74. The minimum Gasteiger partial charge on any atom is -0.481 e. The summed E-state index contributed by atoms with van der Waals surface area (Å²) >= 11 is 0. The monoisotopic (exact) mass is 227 g/mol. The van der Waals surface area contributed by atoms with Gasteiger partial charge in [-0.2, -0.15) is 0 Å². The van der Waals surface area contributed by atoms with Crippen molar-refractivity contribution in [2.24, 2.45) is 5.41 Å². The maximum Gasteiger partial charge on any atom is 0.310 e. The van der Waals surface area contributed by atoms with E-state index in [0.29, 0.717) is 6.04 Å². The lowest BCUT2D eigenvalue weighted by molar-refractivity contribution is -0.151. The standard InChI is InChI=1S/C13H25NO2/c1-4-11-8-7-9-14(11)10-13(5-2,6-3)12(15)16/h11H,4-10H2,1-3H3,(H,15,16). The van der Waals surface area contributed by atoms with Gasteiger partial charge < -0.3 is 5.11 Å². The van der Waals surface area contributed by atoms with Crippen LogP contribution < -0.4 is 0 Å². The van der Waals surface area contributed by atoms with Gasteiger partial charge in [0.25, 0.3) is 0 Å². The third-order valence-corrected chi connectivity index (χ3v) is 4.28. The molecular formula is C13H25NO2. The highest BCUT2D eigenvalue weighted by Crippen LogP contribution is 2.31. The van der Waals surface area contributed by atoms with E-state index in [0.717, 1.165) is 32.4 Å². The molecule has 16 heavy (non-hydrogen) atoms. The normalized spacial score (nSPS) is 22.6. The van der Waals surface area contributed by atoms with E-state index in [1.54, 1.807) is 0 Å². The summed E-state index contributed by atoms with van der Waals surface area (Å²) in [5.41, 5.74) is -0.530. The third kappa shape index (κ3) is 2.57. The average Bonchev–Trinajstić information content (AvgIpc) is 2.72. The molecule has 0 aromatic rings. The van der Waals surface area contributed by atoms with E-state index in [1.165, 1.54) is 12.8 Å². The van der Waals surface area contributed by atoms with Crippen LogP contribution >= 0.6 is 0 Å². The van der Waals surface area contributed by atoms with Gasteiger partial charge in [0.1, 0.15) is 0 Å². The van der Waals surface area contributed by atoms with Crippen molar-refractivity contribution in [2.75, 3.05) is 13.1 Å². The molecule has 0 aliphatic carbocycles. The number of aliphatic carboxylic acids is 1. The lowest BCUT2D eigenvalue weighted by Gasteiger charge is -2.34. The molecule has 0 aromatic carbocycles. The molecule has 1 N–H and O–H groups in total. The molecule has 3 heteroatoms. The predicted molar refractivity (Wildman–Crippen MR) is 65.5 cm³/mol. The molecule has 1 aliphatic heterocycles. The highest BCUT2D eigenvalue weighted by atomic mass is 16.4. The summed E-state index contributed by atoms with van der Waals surface area (Å²) in [4.78, 5) is 13.8. The fourth-order valence-electron chi connectivity index (χ4n) is 2.80. The van der Waals surface area contributed by atoms with Gasteiger partial charge in [0, 0.05) is 12.6 Å². The Kier molecular flexibility index (Phi) is 4.78. The van der Waals surface area contributed by atoms with Gasteiger partial charge in [0.2, 0.25) is 0 Å². The van der Waals surface area contributed by atoms with Crippen LogP contribution in [0.15, 0.2) is 0 Å². The second kappa shape index (κ2) is 5.67. The maximum absolute atomic E-state index is 11.4. The topological polar surface area (TPSA) is 40.5 Å². The Morgan fingerprint density at radius 1 is 1.38 bits per heavy atom. The van der Waals surface area contributed by atoms with E-state index in [2.05, 4.69) is 11.8 Å². The van der Waals surface area contributed by atoms with Gasteiger partial charge in [-0.05, 0) is 38.6 Å². The van der Waals surface area contributed by atoms with Crippen LogP contribution in [0.4, 0.5) is 0 Å². The number of hydrogen-bond acceptors (Lipinski definition) is 2. The van der Waals surface area contributed by atoms with E-state index < -0.39 is 11.4 Å². The Balaban J connectivity index is 2.71. The van der Waals surface area contributed by atoms with Crippen LogP contribution in [-0.4, -0.2) is 35.1 Å². The first-order valence-corrected chi connectivity index (χ1v) is 6.57. The SMILES string of the molecule is CCC1CCCN1CC(CC)(CC)C(=O)O. The molecule has 94 valence electrons. The van der Waals surface area contributed by atoms with Gasteiger partial charge in [-0.15, -0.1) is 0 Å². The molecule has 0 saturated carbocycles. The highest BCUT2D eigenvalue weighted by Gasteiger charge is 2.39. The molecule has 1 heterocycles. The summed E-state index contributed by atoms with van der Waals surface area (Å²) < 4.78 is 0. The average molecular weight is 227 g/mol. The van der Waals surface area contributed by atoms with Gasteiger partial charge >= 0.3 is 5.97 Å². The number of nitrogens with zero attached hydrogens (tertiary/aromatic N) is 1. The summed E-state index contributed by atoms with van der Waals surface area (Å²) in [5.74, 6) is -0.626. The maximum atomic E-state index is 11.4. The van der Waals surface area contributed by atoms with E-state index in [-0.39, 0.29) is 0 Å². The van der Waals surface area contributed by atoms with E-state index in [1.807, 2.05) is 13.8 Å². The van der Waals surface area contributed by atoms with Crippen molar-refractivity contribution in [2.45, 2.75) is 58.9 Å². The van der Waals surface area contributed by atoms with Crippen molar-refractivity contribution in [3.8, 4) is 0 Å². The number of carboxylic acids is 1. The van der Waals surface area contributed by atoms with E-state index >= 15 is 0 Å². The molecule has 1 saturated heterocycles. The van der Waals surface area contributed by atoms with Crippen LogP contribution in [-0.2, 0) is 4.79 Å².